The second-order valence-electron chi connectivity index (χ2n) is 6.41. The smallest absolute Gasteiger partial charge is 0.406 e. The maximum atomic E-state index is 12.6. The first-order valence-corrected chi connectivity index (χ1v) is 9.42. The number of hydrogen-bond donors (Lipinski definition) is 2. The standard InChI is InChI=1S/C15H27O6P/c1-4-19-22(18,20-5-2)21-13-10-14(3,11-16)9-12-7-6-8-15(12,13)17/h10,12,16-17H,4-9,11H2,1-3H3/t12-,14+,15-/m1/s1. The van der Waals surface area contributed by atoms with Crippen LogP contribution in [0.4, 0.5) is 0 Å². The van der Waals surface area contributed by atoms with E-state index >= 15 is 0 Å². The molecule has 3 atom stereocenters. The van der Waals surface area contributed by atoms with Crippen LogP contribution in [0.25, 0.3) is 0 Å². The van der Waals surface area contributed by atoms with E-state index in [0.29, 0.717) is 12.8 Å². The molecule has 0 unspecified atom stereocenters. The minimum Gasteiger partial charge on any atom is -0.406 e. The summed E-state index contributed by atoms with van der Waals surface area (Å²) in [4.78, 5) is 0. The summed E-state index contributed by atoms with van der Waals surface area (Å²) in [7, 11) is -3.76. The lowest BCUT2D eigenvalue weighted by Gasteiger charge is -2.42. The highest BCUT2D eigenvalue weighted by molar-refractivity contribution is 7.48. The fourth-order valence-electron chi connectivity index (χ4n) is 3.46. The van der Waals surface area contributed by atoms with Crippen molar-refractivity contribution in [3.8, 4) is 0 Å². The molecule has 0 bridgehead atoms. The van der Waals surface area contributed by atoms with Gasteiger partial charge in [0.2, 0.25) is 0 Å². The van der Waals surface area contributed by atoms with E-state index in [2.05, 4.69) is 0 Å². The molecule has 2 N–H and O–H groups in total. The van der Waals surface area contributed by atoms with Crippen molar-refractivity contribution in [2.75, 3.05) is 19.8 Å². The van der Waals surface area contributed by atoms with Crippen LogP contribution in [0.3, 0.4) is 0 Å². The average Bonchev–Trinajstić information content (AvgIpc) is 2.81. The Hall–Kier alpha value is -0.390. The summed E-state index contributed by atoms with van der Waals surface area (Å²) in [5, 5.41) is 20.7. The van der Waals surface area contributed by atoms with Crippen LogP contribution in [-0.2, 0) is 18.1 Å². The predicted molar refractivity (Wildman–Crippen MR) is 82.1 cm³/mol. The molecule has 0 aliphatic heterocycles. The third kappa shape index (κ3) is 3.41. The van der Waals surface area contributed by atoms with E-state index in [4.69, 9.17) is 13.6 Å². The maximum Gasteiger partial charge on any atom is 0.529 e. The quantitative estimate of drug-likeness (QED) is 0.696. The van der Waals surface area contributed by atoms with Gasteiger partial charge in [0.25, 0.3) is 0 Å². The van der Waals surface area contributed by atoms with Crippen LogP contribution in [0.2, 0.25) is 0 Å². The van der Waals surface area contributed by atoms with Crippen molar-refractivity contribution in [3.63, 3.8) is 0 Å². The molecule has 2 aliphatic rings. The number of hydrogen-bond acceptors (Lipinski definition) is 6. The molecular weight excluding hydrogens is 307 g/mol. The van der Waals surface area contributed by atoms with E-state index in [1.165, 1.54) is 0 Å². The van der Waals surface area contributed by atoms with Gasteiger partial charge in [-0.3, -0.25) is 9.05 Å². The topological polar surface area (TPSA) is 85.2 Å². The van der Waals surface area contributed by atoms with Gasteiger partial charge in [0.1, 0.15) is 11.4 Å². The van der Waals surface area contributed by atoms with Crippen molar-refractivity contribution in [1.29, 1.82) is 0 Å². The normalized spacial score (nSPS) is 35.1. The lowest BCUT2D eigenvalue weighted by atomic mass is 9.69. The van der Waals surface area contributed by atoms with E-state index < -0.39 is 18.8 Å². The van der Waals surface area contributed by atoms with E-state index in [-0.39, 0.29) is 31.5 Å². The summed E-state index contributed by atoms with van der Waals surface area (Å²) >= 11 is 0. The Labute approximate surface area is 132 Å². The molecule has 0 amide bonds. The summed E-state index contributed by atoms with van der Waals surface area (Å²) in [6.45, 7) is 5.62. The minimum atomic E-state index is -3.76. The Balaban J connectivity index is 2.34. The van der Waals surface area contributed by atoms with Crippen LogP contribution >= 0.6 is 7.82 Å². The van der Waals surface area contributed by atoms with E-state index in [0.717, 1.165) is 12.8 Å². The Bertz CT molecular complexity index is 469. The van der Waals surface area contributed by atoms with E-state index in [9.17, 15) is 14.8 Å². The van der Waals surface area contributed by atoms with Gasteiger partial charge >= 0.3 is 7.82 Å². The van der Waals surface area contributed by atoms with Crippen molar-refractivity contribution >= 4 is 7.82 Å². The van der Waals surface area contributed by atoms with Crippen molar-refractivity contribution in [2.24, 2.45) is 11.3 Å². The molecule has 0 heterocycles. The first-order valence-electron chi connectivity index (χ1n) is 7.96. The fourth-order valence-corrected chi connectivity index (χ4v) is 4.73. The molecule has 7 heteroatoms. The molecule has 1 saturated carbocycles. The zero-order chi connectivity index (χ0) is 16.4. The van der Waals surface area contributed by atoms with Gasteiger partial charge < -0.3 is 14.7 Å². The molecule has 6 nitrogen and oxygen atoms in total. The second-order valence-corrected chi connectivity index (χ2v) is 8.01. The number of aliphatic hydroxyl groups is 2. The molecule has 0 spiro atoms. The van der Waals surface area contributed by atoms with Gasteiger partial charge in [-0.05, 0) is 51.5 Å². The Kier molecular flexibility index (Phi) is 5.40. The van der Waals surface area contributed by atoms with E-state index in [1.54, 1.807) is 19.9 Å². The van der Waals surface area contributed by atoms with Crippen LogP contribution in [0, 0.1) is 11.3 Å². The fraction of sp³-hybridized carbons (Fsp3) is 0.867. The summed E-state index contributed by atoms with van der Waals surface area (Å²) in [6.07, 6.45) is 4.67. The van der Waals surface area contributed by atoms with Crippen LogP contribution < -0.4 is 0 Å². The van der Waals surface area contributed by atoms with Gasteiger partial charge in [0.05, 0.1) is 19.8 Å². The van der Waals surface area contributed by atoms with Gasteiger partial charge in [-0.1, -0.05) is 6.92 Å². The Morgan fingerprint density at radius 3 is 2.55 bits per heavy atom. The highest BCUT2D eigenvalue weighted by Gasteiger charge is 2.53. The molecule has 2 aliphatic carbocycles. The number of fused-ring (bicyclic) bond motifs is 1. The largest absolute Gasteiger partial charge is 0.529 e. The molecule has 0 saturated heterocycles. The van der Waals surface area contributed by atoms with Crippen molar-refractivity contribution in [3.05, 3.63) is 11.8 Å². The summed E-state index contributed by atoms with van der Waals surface area (Å²) in [5.74, 6) is 0.212. The Morgan fingerprint density at radius 1 is 1.36 bits per heavy atom. The first kappa shape index (κ1) is 18.0. The lowest BCUT2D eigenvalue weighted by Crippen LogP contribution is -2.44. The van der Waals surface area contributed by atoms with Gasteiger partial charge in [-0.15, -0.1) is 0 Å². The average molecular weight is 334 g/mol. The zero-order valence-electron chi connectivity index (χ0n) is 13.6. The van der Waals surface area contributed by atoms with Gasteiger partial charge in [0.15, 0.2) is 0 Å². The third-order valence-corrected chi connectivity index (χ3v) is 6.12. The second kappa shape index (κ2) is 6.62. The molecule has 0 aromatic rings. The summed E-state index contributed by atoms with van der Waals surface area (Å²) < 4.78 is 28.5. The maximum absolute atomic E-state index is 12.6. The number of aliphatic hydroxyl groups excluding tert-OH is 1. The summed E-state index contributed by atoms with van der Waals surface area (Å²) in [6, 6.07) is 0. The van der Waals surface area contributed by atoms with Gasteiger partial charge in [-0.2, -0.15) is 0 Å². The Morgan fingerprint density at radius 2 is 2.00 bits per heavy atom. The molecule has 22 heavy (non-hydrogen) atoms. The zero-order valence-corrected chi connectivity index (χ0v) is 14.5. The predicted octanol–water partition coefficient (Wildman–Crippen LogP) is 3.00. The SMILES string of the molecule is CCOP(=O)(OCC)OC1=C[C@@](C)(CO)C[C@H]2CCC[C@]12O. The van der Waals surface area contributed by atoms with Crippen molar-refractivity contribution < 1.29 is 28.3 Å². The van der Waals surface area contributed by atoms with Crippen LogP contribution in [-0.4, -0.2) is 35.6 Å². The molecule has 128 valence electrons. The first-order chi connectivity index (χ1) is 10.3. The molecular formula is C15H27O6P. The monoisotopic (exact) mass is 334 g/mol. The molecule has 0 radical (unpaired) electrons. The van der Waals surface area contributed by atoms with Crippen molar-refractivity contribution in [1.82, 2.24) is 0 Å². The van der Waals surface area contributed by atoms with Gasteiger partial charge in [-0.25, -0.2) is 4.57 Å². The van der Waals surface area contributed by atoms with E-state index in [1.807, 2.05) is 6.92 Å². The molecule has 0 aromatic carbocycles. The number of phosphoric acid groups is 1. The molecule has 0 aromatic heterocycles. The molecule has 2 rings (SSSR count). The van der Waals surface area contributed by atoms with Crippen LogP contribution in [0.15, 0.2) is 11.8 Å². The van der Waals surface area contributed by atoms with Gasteiger partial charge in [0, 0.05) is 5.41 Å². The highest BCUT2D eigenvalue weighted by atomic mass is 31.2. The summed E-state index contributed by atoms with van der Waals surface area (Å²) in [5.41, 5.74) is -1.64. The number of rotatable bonds is 7. The molecule has 1 fully saturated rings. The van der Waals surface area contributed by atoms with Crippen LogP contribution in [0.5, 0.6) is 0 Å². The lowest BCUT2D eigenvalue weighted by molar-refractivity contribution is -0.0357. The third-order valence-electron chi connectivity index (χ3n) is 4.55. The minimum absolute atomic E-state index is 0.0126. The highest BCUT2D eigenvalue weighted by Crippen LogP contribution is 2.58. The van der Waals surface area contributed by atoms with Crippen LogP contribution in [0.1, 0.15) is 46.5 Å². The number of phosphoric ester groups is 1. The van der Waals surface area contributed by atoms with Crippen molar-refractivity contribution in [2.45, 2.75) is 52.1 Å².